The minimum absolute atomic E-state index is 0.245. The topological polar surface area (TPSA) is 63.6 Å². The Hall–Kier alpha value is -1.49. The fourth-order valence-corrected chi connectivity index (χ4v) is 3.05. The third-order valence-electron chi connectivity index (χ3n) is 2.78. The number of rotatable bonds is 4. The predicted molar refractivity (Wildman–Crippen MR) is 68.3 cm³/mol. The smallest absolute Gasteiger partial charge is 0.319 e. The van der Waals surface area contributed by atoms with Gasteiger partial charge >= 0.3 is 11.9 Å². The lowest BCUT2D eigenvalue weighted by Crippen LogP contribution is -2.18. The highest BCUT2D eigenvalue weighted by Crippen LogP contribution is 2.34. The number of carboxylic acids is 1. The molecule has 0 aliphatic carbocycles. The van der Waals surface area contributed by atoms with Crippen molar-refractivity contribution in [3.8, 4) is 0 Å². The number of hydrogen-bond acceptors (Lipinski definition) is 4. The van der Waals surface area contributed by atoms with Crippen molar-refractivity contribution in [2.24, 2.45) is 0 Å². The second kappa shape index (κ2) is 5.91. The molecule has 2 unspecified atom stereocenters. The Balaban J connectivity index is 1.81. The summed E-state index contributed by atoms with van der Waals surface area (Å²) in [5.41, 5.74) is 0.934. The molecule has 1 N–H and O–H groups in total. The van der Waals surface area contributed by atoms with Crippen LogP contribution in [-0.4, -0.2) is 27.5 Å². The van der Waals surface area contributed by atoms with Gasteiger partial charge in [0.05, 0.1) is 0 Å². The average Bonchev–Trinajstić information content (AvgIpc) is 2.87. The minimum atomic E-state index is -0.849. The van der Waals surface area contributed by atoms with E-state index in [2.05, 4.69) is 0 Å². The number of hydrogen-bond donors (Lipinski definition) is 1. The van der Waals surface area contributed by atoms with Gasteiger partial charge < -0.3 is 9.84 Å². The highest BCUT2D eigenvalue weighted by atomic mass is 32.2. The van der Waals surface area contributed by atoms with Crippen LogP contribution in [0, 0.1) is 0 Å². The van der Waals surface area contributed by atoms with Gasteiger partial charge in [0.2, 0.25) is 0 Å². The molecule has 18 heavy (non-hydrogen) atoms. The van der Waals surface area contributed by atoms with Gasteiger partial charge in [-0.2, -0.15) is 0 Å². The van der Waals surface area contributed by atoms with Crippen LogP contribution in [0.5, 0.6) is 0 Å². The molecule has 1 aromatic rings. The molecular formula is C13H14O4S. The first-order valence-electron chi connectivity index (χ1n) is 5.75. The Kier molecular flexibility index (Phi) is 4.25. The number of esters is 1. The Morgan fingerprint density at radius 2 is 1.89 bits per heavy atom. The fraction of sp³-hybridized carbons (Fsp3) is 0.385. The molecule has 0 amide bonds. The van der Waals surface area contributed by atoms with Gasteiger partial charge in [0.1, 0.15) is 17.1 Å². The molecule has 1 aliphatic heterocycles. The summed E-state index contributed by atoms with van der Waals surface area (Å²) in [7, 11) is 0. The molecule has 0 spiro atoms. The molecule has 0 bridgehead atoms. The van der Waals surface area contributed by atoms with Crippen molar-refractivity contribution in [1.82, 2.24) is 0 Å². The van der Waals surface area contributed by atoms with Crippen LogP contribution >= 0.6 is 11.8 Å². The molecule has 1 heterocycles. The normalized spacial score (nSPS) is 22.7. The molecule has 4 nitrogen and oxygen atoms in total. The van der Waals surface area contributed by atoms with Gasteiger partial charge in [0.15, 0.2) is 0 Å². The van der Waals surface area contributed by atoms with Crippen LogP contribution in [0.3, 0.4) is 0 Å². The van der Waals surface area contributed by atoms with Crippen molar-refractivity contribution in [3.05, 3.63) is 35.9 Å². The van der Waals surface area contributed by atoms with Crippen LogP contribution in [0.15, 0.2) is 30.3 Å². The van der Waals surface area contributed by atoms with Gasteiger partial charge in [-0.15, -0.1) is 11.8 Å². The molecule has 0 aromatic heterocycles. The van der Waals surface area contributed by atoms with Crippen molar-refractivity contribution in [2.45, 2.75) is 29.9 Å². The summed E-state index contributed by atoms with van der Waals surface area (Å²) >= 11 is 1.19. The fourth-order valence-electron chi connectivity index (χ4n) is 1.81. The summed E-state index contributed by atoms with van der Waals surface area (Å²) in [6.45, 7) is 0.245. The summed E-state index contributed by atoms with van der Waals surface area (Å²) < 4.78 is 5.19. The van der Waals surface area contributed by atoms with Gasteiger partial charge in [-0.25, -0.2) is 0 Å². The summed E-state index contributed by atoms with van der Waals surface area (Å²) in [6, 6.07) is 9.43. The summed E-state index contributed by atoms with van der Waals surface area (Å²) in [6.07, 6.45) is 1.11. The van der Waals surface area contributed by atoms with Crippen LogP contribution < -0.4 is 0 Å². The Bertz CT molecular complexity index is 432. The van der Waals surface area contributed by atoms with Crippen LogP contribution in [0.1, 0.15) is 18.4 Å². The van der Waals surface area contributed by atoms with E-state index in [-0.39, 0.29) is 17.8 Å². The summed E-state index contributed by atoms with van der Waals surface area (Å²) in [5.74, 6) is -1.16. The van der Waals surface area contributed by atoms with Crippen molar-refractivity contribution in [2.75, 3.05) is 0 Å². The van der Waals surface area contributed by atoms with Crippen LogP contribution in [0.25, 0.3) is 0 Å². The molecule has 2 atom stereocenters. The van der Waals surface area contributed by atoms with Crippen molar-refractivity contribution >= 4 is 23.7 Å². The number of ether oxygens (including phenoxy) is 1. The largest absolute Gasteiger partial charge is 0.480 e. The lowest BCUT2D eigenvalue weighted by molar-refractivity contribution is -0.144. The van der Waals surface area contributed by atoms with E-state index < -0.39 is 11.2 Å². The lowest BCUT2D eigenvalue weighted by atomic mass is 10.2. The van der Waals surface area contributed by atoms with Gasteiger partial charge in [-0.3, -0.25) is 9.59 Å². The second-order valence-corrected chi connectivity index (χ2v) is 5.53. The van der Waals surface area contributed by atoms with Crippen LogP contribution in [0.2, 0.25) is 0 Å². The number of aliphatic carboxylic acids is 1. The average molecular weight is 266 g/mol. The monoisotopic (exact) mass is 266 g/mol. The van der Waals surface area contributed by atoms with Gasteiger partial charge in [-0.1, -0.05) is 30.3 Å². The maximum Gasteiger partial charge on any atom is 0.319 e. The van der Waals surface area contributed by atoms with Crippen molar-refractivity contribution in [1.29, 1.82) is 0 Å². The van der Waals surface area contributed by atoms with Crippen molar-refractivity contribution < 1.29 is 19.4 Å². The van der Waals surface area contributed by atoms with Gasteiger partial charge in [0.25, 0.3) is 0 Å². The first kappa shape index (κ1) is 13.0. The first-order chi connectivity index (χ1) is 8.66. The summed E-state index contributed by atoms with van der Waals surface area (Å²) in [4.78, 5) is 22.5. The van der Waals surface area contributed by atoms with Crippen LogP contribution in [-0.2, 0) is 20.9 Å². The van der Waals surface area contributed by atoms with Crippen LogP contribution in [0.4, 0.5) is 0 Å². The standard InChI is InChI=1S/C13H14O4S/c14-12(15)10-6-7-11(18-10)13(16)17-8-9-4-2-1-3-5-9/h1-5,10-11H,6-8H2,(H,14,15). The summed E-state index contributed by atoms with van der Waals surface area (Å²) in [5, 5.41) is 8.04. The predicted octanol–water partition coefficient (Wildman–Crippen LogP) is 2.08. The van der Waals surface area contributed by atoms with E-state index in [1.807, 2.05) is 30.3 Å². The highest BCUT2D eigenvalue weighted by Gasteiger charge is 2.35. The molecule has 1 aromatic carbocycles. The van der Waals surface area contributed by atoms with E-state index in [1.54, 1.807) is 0 Å². The van der Waals surface area contributed by atoms with E-state index in [1.165, 1.54) is 11.8 Å². The third kappa shape index (κ3) is 3.26. The van der Waals surface area contributed by atoms with Gasteiger partial charge in [0, 0.05) is 0 Å². The number of carbonyl (C=O) groups is 2. The maximum atomic E-state index is 11.8. The van der Waals surface area contributed by atoms with E-state index in [0.29, 0.717) is 12.8 Å². The van der Waals surface area contributed by atoms with E-state index in [9.17, 15) is 9.59 Å². The van der Waals surface area contributed by atoms with E-state index in [0.717, 1.165) is 5.56 Å². The first-order valence-corrected chi connectivity index (χ1v) is 6.70. The molecule has 96 valence electrons. The Morgan fingerprint density at radius 3 is 2.50 bits per heavy atom. The second-order valence-electron chi connectivity index (χ2n) is 4.12. The SMILES string of the molecule is O=C(O)C1CCC(C(=O)OCc2ccccc2)S1. The number of carbonyl (C=O) groups excluding carboxylic acids is 1. The molecule has 0 radical (unpaired) electrons. The zero-order valence-corrected chi connectivity index (χ0v) is 10.6. The van der Waals surface area contributed by atoms with Gasteiger partial charge in [-0.05, 0) is 18.4 Å². The Labute approximate surface area is 109 Å². The zero-order valence-electron chi connectivity index (χ0n) is 9.74. The highest BCUT2D eigenvalue weighted by molar-refractivity contribution is 8.02. The lowest BCUT2D eigenvalue weighted by Gasteiger charge is -2.09. The van der Waals surface area contributed by atoms with E-state index >= 15 is 0 Å². The molecule has 1 saturated heterocycles. The molecular weight excluding hydrogens is 252 g/mol. The molecule has 0 saturated carbocycles. The number of carboxylic acid groups (broad SMARTS) is 1. The number of benzene rings is 1. The molecule has 2 rings (SSSR count). The molecule has 5 heteroatoms. The maximum absolute atomic E-state index is 11.8. The number of thioether (sulfide) groups is 1. The molecule has 1 fully saturated rings. The quantitative estimate of drug-likeness (QED) is 0.845. The zero-order chi connectivity index (χ0) is 13.0. The minimum Gasteiger partial charge on any atom is -0.480 e. The van der Waals surface area contributed by atoms with Crippen molar-refractivity contribution in [3.63, 3.8) is 0 Å². The molecule has 1 aliphatic rings. The van der Waals surface area contributed by atoms with E-state index in [4.69, 9.17) is 9.84 Å². The third-order valence-corrected chi connectivity index (χ3v) is 4.30. The Morgan fingerprint density at radius 1 is 1.22 bits per heavy atom.